The number of hydrogen-bond donors (Lipinski definition) is 1. The van der Waals surface area contributed by atoms with E-state index in [1.807, 2.05) is 6.07 Å². The molecule has 1 fully saturated rings. The van der Waals surface area contributed by atoms with Gasteiger partial charge in [-0.15, -0.1) is 0 Å². The first-order valence-electron chi connectivity index (χ1n) is 9.01. The summed E-state index contributed by atoms with van der Waals surface area (Å²) < 4.78 is 5.29. The molecule has 1 aliphatic rings. The Balaban J connectivity index is 1.61. The largest absolute Gasteiger partial charge is 0.377 e. The molecule has 0 unspecified atom stereocenters. The molecule has 0 atom stereocenters. The Labute approximate surface area is 155 Å². The SMILES string of the molecule is O=[N+]([O-])c1cc(-c2nc(-c3ccccn3)no2)ccc1NC1CCCCC1. The van der Waals surface area contributed by atoms with Crippen LogP contribution >= 0.6 is 0 Å². The lowest BCUT2D eigenvalue weighted by atomic mass is 9.95. The molecule has 0 bridgehead atoms. The van der Waals surface area contributed by atoms with Crippen LogP contribution in [0.25, 0.3) is 23.0 Å². The highest BCUT2D eigenvalue weighted by Crippen LogP contribution is 2.32. The van der Waals surface area contributed by atoms with Crippen molar-refractivity contribution in [2.75, 3.05) is 5.32 Å². The molecule has 2 heterocycles. The third-order valence-electron chi connectivity index (χ3n) is 4.73. The molecular weight excluding hydrogens is 346 g/mol. The highest BCUT2D eigenvalue weighted by molar-refractivity contribution is 5.70. The van der Waals surface area contributed by atoms with Crippen LogP contribution in [0.2, 0.25) is 0 Å². The molecule has 2 aromatic heterocycles. The second kappa shape index (κ2) is 7.53. The zero-order valence-corrected chi connectivity index (χ0v) is 14.7. The molecule has 0 spiro atoms. The number of nitrogens with zero attached hydrogens (tertiary/aromatic N) is 4. The summed E-state index contributed by atoms with van der Waals surface area (Å²) in [6, 6.07) is 10.6. The quantitative estimate of drug-likeness (QED) is 0.525. The molecule has 0 aliphatic heterocycles. The van der Waals surface area contributed by atoms with Crippen LogP contribution in [0.3, 0.4) is 0 Å². The summed E-state index contributed by atoms with van der Waals surface area (Å²) in [7, 11) is 0. The fraction of sp³-hybridized carbons (Fsp3) is 0.316. The van der Waals surface area contributed by atoms with E-state index >= 15 is 0 Å². The van der Waals surface area contributed by atoms with Crippen molar-refractivity contribution in [3.05, 3.63) is 52.7 Å². The fourth-order valence-corrected chi connectivity index (χ4v) is 3.34. The molecular formula is C19H19N5O3. The van der Waals surface area contributed by atoms with Gasteiger partial charge >= 0.3 is 0 Å². The van der Waals surface area contributed by atoms with Gasteiger partial charge in [-0.2, -0.15) is 4.98 Å². The van der Waals surface area contributed by atoms with Crippen LogP contribution in [0.15, 0.2) is 47.1 Å². The molecule has 1 aromatic carbocycles. The van der Waals surface area contributed by atoms with Gasteiger partial charge in [0.25, 0.3) is 11.6 Å². The topological polar surface area (TPSA) is 107 Å². The maximum Gasteiger partial charge on any atom is 0.293 e. The fourth-order valence-electron chi connectivity index (χ4n) is 3.34. The number of rotatable bonds is 5. The number of nitro groups is 1. The van der Waals surface area contributed by atoms with Crippen LogP contribution in [0.4, 0.5) is 11.4 Å². The average molecular weight is 365 g/mol. The number of anilines is 1. The molecule has 8 heteroatoms. The molecule has 1 N–H and O–H groups in total. The van der Waals surface area contributed by atoms with Crippen molar-refractivity contribution in [2.24, 2.45) is 0 Å². The Kier molecular flexibility index (Phi) is 4.78. The summed E-state index contributed by atoms with van der Waals surface area (Å²) in [5.41, 5.74) is 1.62. The zero-order chi connectivity index (χ0) is 18.6. The Morgan fingerprint density at radius 3 is 2.74 bits per heavy atom. The minimum atomic E-state index is -0.384. The van der Waals surface area contributed by atoms with Gasteiger partial charge in [-0.3, -0.25) is 15.1 Å². The van der Waals surface area contributed by atoms with E-state index in [1.54, 1.807) is 30.5 Å². The van der Waals surface area contributed by atoms with E-state index in [0.29, 0.717) is 22.8 Å². The first-order chi connectivity index (χ1) is 13.2. The molecule has 0 amide bonds. The van der Waals surface area contributed by atoms with E-state index in [1.165, 1.54) is 12.5 Å². The first kappa shape index (κ1) is 17.1. The highest BCUT2D eigenvalue weighted by atomic mass is 16.6. The summed E-state index contributed by atoms with van der Waals surface area (Å²) >= 11 is 0. The summed E-state index contributed by atoms with van der Waals surface area (Å²) in [4.78, 5) is 19.7. The van der Waals surface area contributed by atoms with E-state index in [2.05, 4.69) is 20.4 Å². The molecule has 1 saturated carbocycles. The molecule has 1 aliphatic carbocycles. The number of pyridine rings is 1. The van der Waals surface area contributed by atoms with Gasteiger partial charge in [0.1, 0.15) is 11.4 Å². The van der Waals surface area contributed by atoms with E-state index in [-0.39, 0.29) is 22.5 Å². The predicted molar refractivity (Wildman–Crippen MR) is 100 cm³/mol. The third kappa shape index (κ3) is 3.79. The maximum atomic E-state index is 11.6. The molecule has 0 radical (unpaired) electrons. The zero-order valence-electron chi connectivity index (χ0n) is 14.7. The monoisotopic (exact) mass is 365 g/mol. The third-order valence-corrected chi connectivity index (χ3v) is 4.73. The number of nitro benzene ring substituents is 1. The van der Waals surface area contributed by atoms with Gasteiger partial charge in [-0.25, -0.2) is 0 Å². The summed E-state index contributed by atoms with van der Waals surface area (Å²) in [6.07, 6.45) is 7.26. The Morgan fingerprint density at radius 2 is 2.00 bits per heavy atom. The number of hydrogen-bond acceptors (Lipinski definition) is 7. The Morgan fingerprint density at radius 1 is 1.15 bits per heavy atom. The van der Waals surface area contributed by atoms with Crippen LogP contribution in [0.1, 0.15) is 32.1 Å². The van der Waals surface area contributed by atoms with Crippen molar-refractivity contribution in [3.63, 3.8) is 0 Å². The molecule has 4 rings (SSSR count). The minimum absolute atomic E-state index is 0.00987. The van der Waals surface area contributed by atoms with E-state index in [0.717, 1.165) is 25.7 Å². The second-order valence-electron chi connectivity index (χ2n) is 6.61. The van der Waals surface area contributed by atoms with Crippen molar-refractivity contribution >= 4 is 11.4 Å². The van der Waals surface area contributed by atoms with Crippen LogP contribution in [-0.2, 0) is 0 Å². The van der Waals surface area contributed by atoms with Crippen LogP contribution in [-0.4, -0.2) is 26.1 Å². The number of aromatic nitrogens is 3. The highest BCUT2D eigenvalue weighted by Gasteiger charge is 2.21. The number of benzene rings is 1. The van der Waals surface area contributed by atoms with E-state index < -0.39 is 0 Å². The van der Waals surface area contributed by atoms with Crippen molar-refractivity contribution in [2.45, 2.75) is 38.1 Å². The van der Waals surface area contributed by atoms with Crippen LogP contribution in [0, 0.1) is 10.1 Å². The van der Waals surface area contributed by atoms with Gasteiger partial charge in [0, 0.05) is 23.9 Å². The van der Waals surface area contributed by atoms with Crippen molar-refractivity contribution in [3.8, 4) is 23.0 Å². The van der Waals surface area contributed by atoms with Gasteiger partial charge in [0.2, 0.25) is 5.82 Å². The molecule has 27 heavy (non-hydrogen) atoms. The summed E-state index contributed by atoms with van der Waals surface area (Å²) in [5, 5.41) is 18.8. The van der Waals surface area contributed by atoms with Gasteiger partial charge in [0.05, 0.1) is 4.92 Å². The molecule has 3 aromatic rings. The lowest BCUT2D eigenvalue weighted by Gasteiger charge is -2.23. The van der Waals surface area contributed by atoms with Crippen molar-refractivity contribution in [1.82, 2.24) is 15.1 Å². The second-order valence-corrected chi connectivity index (χ2v) is 6.61. The lowest BCUT2D eigenvalue weighted by Crippen LogP contribution is -2.22. The smallest absolute Gasteiger partial charge is 0.293 e. The summed E-state index contributed by atoms with van der Waals surface area (Å²) in [6.45, 7) is 0. The Bertz CT molecular complexity index is 936. The van der Waals surface area contributed by atoms with Crippen LogP contribution in [0.5, 0.6) is 0 Å². The minimum Gasteiger partial charge on any atom is -0.377 e. The van der Waals surface area contributed by atoms with E-state index in [4.69, 9.17) is 4.52 Å². The number of nitrogens with one attached hydrogen (secondary N) is 1. The van der Waals surface area contributed by atoms with Crippen LogP contribution < -0.4 is 5.32 Å². The van der Waals surface area contributed by atoms with Gasteiger partial charge < -0.3 is 9.84 Å². The van der Waals surface area contributed by atoms with E-state index in [9.17, 15) is 10.1 Å². The maximum absolute atomic E-state index is 11.6. The summed E-state index contributed by atoms with van der Waals surface area (Å²) in [5.74, 6) is 0.570. The molecule has 8 nitrogen and oxygen atoms in total. The average Bonchev–Trinajstić information content (AvgIpc) is 3.20. The Hall–Kier alpha value is -3.29. The predicted octanol–water partition coefficient (Wildman–Crippen LogP) is 4.45. The normalized spacial score (nSPS) is 14.8. The standard InChI is InChI=1S/C19H19N5O3/c25-24(26)17-12-13(9-10-15(17)21-14-6-2-1-3-7-14)19-22-18(23-27-19)16-8-4-5-11-20-16/h4-5,8-12,14,21H,1-3,6-7H2. The lowest BCUT2D eigenvalue weighted by molar-refractivity contribution is -0.383. The van der Waals surface area contributed by atoms with Crippen molar-refractivity contribution in [1.29, 1.82) is 0 Å². The van der Waals surface area contributed by atoms with Crippen molar-refractivity contribution < 1.29 is 9.45 Å². The van der Waals surface area contributed by atoms with Gasteiger partial charge in [-0.05, 0) is 37.1 Å². The van der Waals surface area contributed by atoms with Gasteiger partial charge in [-0.1, -0.05) is 30.5 Å². The van der Waals surface area contributed by atoms with Gasteiger partial charge in [0.15, 0.2) is 0 Å². The molecule has 0 saturated heterocycles. The first-order valence-corrected chi connectivity index (χ1v) is 9.01. The molecule has 138 valence electrons.